The average molecular weight is 285 g/mol. The molecule has 0 bridgehead atoms. The van der Waals surface area contributed by atoms with E-state index >= 15 is 0 Å². The molecule has 1 aromatic heterocycles. The Kier molecular flexibility index (Phi) is 4.65. The van der Waals surface area contributed by atoms with E-state index in [9.17, 15) is 8.42 Å². The minimum Gasteiger partial charge on any atom is -0.363 e. The van der Waals surface area contributed by atoms with Gasteiger partial charge in [-0.05, 0) is 24.8 Å². The minimum absolute atomic E-state index is 0.0694. The van der Waals surface area contributed by atoms with Gasteiger partial charge in [-0.25, -0.2) is 13.1 Å². The van der Waals surface area contributed by atoms with E-state index < -0.39 is 10.0 Å². The molecule has 0 aliphatic heterocycles. The first-order valence-corrected chi connectivity index (χ1v) is 8.43. The summed E-state index contributed by atoms with van der Waals surface area (Å²) in [5.74, 6) is 0.646. The predicted octanol–water partition coefficient (Wildman–Crippen LogP) is 1.72. The van der Waals surface area contributed by atoms with Crippen molar-refractivity contribution in [3.63, 3.8) is 0 Å². The van der Waals surface area contributed by atoms with Crippen molar-refractivity contribution in [2.75, 3.05) is 0 Å². The maximum absolute atomic E-state index is 12.3. The molecule has 2 atom stereocenters. The van der Waals surface area contributed by atoms with Crippen molar-refractivity contribution in [2.24, 2.45) is 11.7 Å². The molecule has 1 fully saturated rings. The number of nitrogens with two attached hydrogens (primary N) is 1. The van der Waals surface area contributed by atoms with Gasteiger partial charge in [-0.15, -0.1) is 0 Å². The van der Waals surface area contributed by atoms with Crippen molar-refractivity contribution < 1.29 is 8.42 Å². The zero-order valence-electron chi connectivity index (χ0n) is 11.4. The molecule has 6 heteroatoms. The first kappa shape index (κ1) is 14.6. The van der Waals surface area contributed by atoms with Gasteiger partial charge < -0.3 is 10.7 Å². The van der Waals surface area contributed by atoms with Crippen LogP contribution >= 0.6 is 0 Å². The summed E-state index contributed by atoms with van der Waals surface area (Å²) in [6.45, 7) is 2.48. The molecule has 1 aliphatic rings. The summed E-state index contributed by atoms with van der Waals surface area (Å²) in [5, 5.41) is 0. The van der Waals surface area contributed by atoms with E-state index in [0.29, 0.717) is 12.5 Å². The summed E-state index contributed by atoms with van der Waals surface area (Å²) in [6, 6.07) is 1.67. The largest absolute Gasteiger partial charge is 0.363 e. The van der Waals surface area contributed by atoms with E-state index in [1.165, 1.54) is 12.6 Å². The Morgan fingerprint density at radius 1 is 1.47 bits per heavy atom. The number of hydrogen-bond donors (Lipinski definition) is 3. The third-order valence-corrected chi connectivity index (χ3v) is 5.43. The van der Waals surface area contributed by atoms with Crippen LogP contribution in [0.15, 0.2) is 17.2 Å². The van der Waals surface area contributed by atoms with Gasteiger partial charge in [0.05, 0.1) is 4.90 Å². The van der Waals surface area contributed by atoms with Gasteiger partial charge in [0.15, 0.2) is 0 Å². The first-order valence-electron chi connectivity index (χ1n) is 6.95. The monoisotopic (exact) mass is 285 g/mol. The molecule has 0 aromatic carbocycles. The third-order valence-electron chi connectivity index (χ3n) is 3.93. The lowest BCUT2D eigenvalue weighted by molar-refractivity contribution is 0.301. The number of H-pyrrole nitrogens is 1. The molecular weight excluding hydrogens is 262 g/mol. The molecule has 0 spiro atoms. The number of aromatic amines is 1. The topological polar surface area (TPSA) is 88.0 Å². The van der Waals surface area contributed by atoms with Gasteiger partial charge in [0, 0.05) is 24.5 Å². The molecule has 1 aromatic rings. The number of aromatic nitrogens is 1. The summed E-state index contributed by atoms with van der Waals surface area (Å²) in [7, 11) is -3.42. The van der Waals surface area contributed by atoms with E-state index in [0.717, 1.165) is 31.4 Å². The van der Waals surface area contributed by atoms with E-state index in [4.69, 9.17) is 5.73 Å². The van der Waals surface area contributed by atoms with E-state index in [1.807, 2.05) is 0 Å². The zero-order valence-corrected chi connectivity index (χ0v) is 12.2. The SMILES string of the molecule is CCC1CCCC(NS(=O)(=O)c2c[nH]c(CN)c2)C1. The Morgan fingerprint density at radius 3 is 2.89 bits per heavy atom. The molecule has 2 rings (SSSR count). The Balaban J connectivity index is 2.04. The van der Waals surface area contributed by atoms with Crippen LogP contribution in [0.1, 0.15) is 44.7 Å². The van der Waals surface area contributed by atoms with E-state index in [1.54, 1.807) is 6.07 Å². The van der Waals surface area contributed by atoms with Crippen molar-refractivity contribution in [1.82, 2.24) is 9.71 Å². The standard InChI is InChI=1S/C13H23N3O2S/c1-2-10-4-3-5-11(6-10)16-19(17,18)13-7-12(8-14)15-9-13/h7,9-11,15-16H,2-6,8,14H2,1H3. The van der Waals surface area contributed by atoms with Gasteiger partial charge in [0.1, 0.15) is 0 Å². The Morgan fingerprint density at radius 2 is 2.26 bits per heavy atom. The highest BCUT2D eigenvalue weighted by Crippen LogP contribution is 2.27. The Hall–Kier alpha value is -0.850. The second kappa shape index (κ2) is 6.07. The summed E-state index contributed by atoms with van der Waals surface area (Å²) >= 11 is 0. The predicted molar refractivity (Wildman–Crippen MR) is 75.0 cm³/mol. The van der Waals surface area contributed by atoms with Crippen LogP contribution in [0.4, 0.5) is 0 Å². The van der Waals surface area contributed by atoms with Gasteiger partial charge in [-0.2, -0.15) is 0 Å². The molecule has 5 nitrogen and oxygen atoms in total. The lowest BCUT2D eigenvalue weighted by Crippen LogP contribution is -2.38. The number of sulfonamides is 1. The normalized spacial score (nSPS) is 24.5. The lowest BCUT2D eigenvalue weighted by Gasteiger charge is -2.28. The number of nitrogens with one attached hydrogen (secondary N) is 2. The maximum atomic E-state index is 12.3. The van der Waals surface area contributed by atoms with Crippen LogP contribution in [0.5, 0.6) is 0 Å². The van der Waals surface area contributed by atoms with Gasteiger partial charge in [-0.3, -0.25) is 0 Å². The van der Waals surface area contributed by atoms with Crippen LogP contribution < -0.4 is 10.5 Å². The molecule has 1 saturated carbocycles. The van der Waals surface area contributed by atoms with Gasteiger partial charge in [-0.1, -0.05) is 26.2 Å². The summed E-state index contributed by atoms with van der Waals surface area (Å²) in [5.41, 5.74) is 6.21. The molecule has 1 aliphatic carbocycles. The smallest absolute Gasteiger partial charge is 0.242 e. The molecule has 4 N–H and O–H groups in total. The fourth-order valence-electron chi connectivity index (χ4n) is 2.75. The fraction of sp³-hybridized carbons (Fsp3) is 0.692. The third kappa shape index (κ3) is 3.58. The van der Waals surface area contributed by atoms with Crippen molar-refractivity contribution in [2.45, 2.75) is 56.5 Å². The van der Waals surface area contributed by atoms with Gasteiger partial charge in [0.25, 0.3) is 0 Å². The average Bonchev–Trinajstić information content (AvgIpc) is 2.88. The fourth-order valence-corrected chi connectivity index (χ4v) is 4.05. The molecule has 108 valence electrons. The Bertz CT molecular complexity index is 510. The van der Waals surface area contributed by atoms with E-state index in [2.05, 4.69) is 16.6 Å². The quantitative estimate of drug-likeness (QED) is 0.769. The molecule has 0 radical (unpaired) electrons. The summed E-state index contributed by atoms with van der Waals surface area (Å²) in [6.07, 6.45) is 6.83. The highest BCUT2D eigenvalue weighted by molar-refractivity contribution is 7.89. The van der Waals surface area contributed by atoms with Gasteiger partial charge in [0.2, 0.25) is 10.0 Å². The molecular formula is C13H23N3O2S. The minimum atomic E-state index is -3.42. The van der Waals surface area contributed by atoms with Crippen LogP contribution in [-0.4, -0.2) is 19.4 Å². The zero-order chi connectivity index (χ0) is 13.9. The number of rotatable bonds is 5. The summed E-state index contributed by atoms with van der Waals surface area (Å²) in [4.78, 5) is 3.16. The molecule has 0 saturated heterocycles. The van der Waals surface area contributed by atoms with Crippen molar-refractivity contribution in [1.29, 1.82) is 0 Å². The highest BCUT2D eigenvalue weighted by Gasteiger charge is 2.26. The van der Waals surface area contributed by atoms with Crippen LogP contribution in [0, 0.1) is 5.92 Å². The molecule has 2 unspecified atom stereocenters. The van der Waals surface area contributed by atoms with E-state index in [-0.39, 0.29) is 10.9 Å². The Labute approximate surface area is 115 Å². The highest BCUT2D eigenvalue weighted by atomic mass is 32.2. The van der Waals surface area contributed by atoms with Crippen molar-refractivity contribution in [3.05, 3.63) is 18.0 Å². The lowest BCUT2D eigenvalue weighted by atomic mass is 9.85. The van der Waals surface area contributed by atoms with Crippen LogP contribution in [0.25, 0.3) is 0 Å². The second-order valence-corrected chi connectivity index (χ2v) is 7.04. The van der Waals surface area contributed by atoms with Crippen LogP contribution in [0.3, 0.4) is 0 Å². The molecule has 0 amide bonds. The van der Waals surface area contributed by atoms with Crippen molar-refractivity contribution in [3.8, 4) is 0 Å². The van der Waals surface area contributed by atoms with Gasteiger partial charge >= 0.3 is 0 Å². The second-order valence-electron chi connectivity index (χ2n) is 5.32. The maximum Gasteiger partial charge on any atom is 0.242 e. The molecule has 19 heavy (non-hydrogen) atoms. The van der Waals surface area contributed by atoms with Crippen molar-refractivity contribution >= 4 is 10.0 Å². The summed E-state index contributed by atoms with van der Waals surface area (Å²) < 4.78 is 27.3. The van der Waals surface area contributed by atoms with Crippen LogP contribution in [0.2, 0.25) is 0 Å². The molecule has 1 heterocycles. The van der Waals surface area contributed by atoms with Crippen LogP contribution in [-0.2, 0) is 16.6 Å². The number of hydrogen-bond acceptors (Lipinski definition) is 3. The first-order chi connectivity index (χ1) is 9.05.